The standard InChI is InChI=1S/C16H23ClFN3O/c1-11(19)7-16(22)20-14-3-2-6-21(10-14)9-12-4-5-13(18)8-15(12)17/h4-5,8,11,14H,2-3,6-7,9-10,19H2,1H3,(H,20,22). The maximum Gasteiger partial charge on any atom is 0.221 e. The van der Waals surface area contributed by atoms with Crippen LogP contribution in [0.5, 0.6) is 0 Å². The third-order valence-electron chi connectivity index (χ3n) is 3.79. The molecule has 22 heavy (non-hydrogen) atoms. The molecule has 1 aromatic carbocycles. The highest BCUT2D eigenvalue weighted by molar-refractivity contribution is 6.31. The lowest BCUT2D eigenvalue weighted by molar-refractivity contribution is -0.122. The van der Waals surface area contributed by atoms with E-state index in [1.54, 1.807) is 6.07 Å². The van der Waals surface area contributed by atoms with Gasteiger partial charge in [0.25, 0.3) is 0 Å². The fourth-order valence-corrected chi connectivity index (χ4v) is 3.01. The van der Waals surface area contributed by atoms with E-state index >= 15 is 0 Å². The lowest BCUT2D eigenvalue weighted by atomic mass is 10.0. The van der Waals surface area contributed by atoms with Crippen LogP contribution in [0.4, 0.5) is 4.39 Å². The first-order valence-corrected chi connectivity index (χ1v) is 8.03. The van der Waals surface area contributed by atoms with Crippen molar-refractivity contribution in [3.63, 3.8) is 0 Å². The van der Waals surface area contributed by atoms with Gasteiger partial charge in [-0.1, -0.05) is 17.7 Å². The molecule has 1 heterocycles. The quantitative estimate of drug-likeness (QED) is 0.872. The zero-order chi connectivity index (χ0) is 16.1. The Morgan fingerprint density at radius 2 is 2.36 bits per heavy atom. The van der Waals surface area contributed by atoms with Gasteiger partial charge in [0.15, 0.2) is 0 Å². The highest BCUT2D eigenvalue weighted by atomic mass is 35.5. The summed E-state index contributed by atoms with van der Waals surface area (Å²) >= 11 is 6.08. The van der Waals surface area contributed by atoms with E-state index in [9.17, 15) is 9.18 Å². The molecule has 1 aliphatic heterocycles. The fourth-order valence-electron chi connectivity index (χ4n) is 2.79. The van der Waals surface area contributed by atoms with Gasteiger partial charge in [0.2, 0.25) is 5.91 Å². The molecule has 3 N–H and O–H groups in total. The van der Waals surface area contributed by atoms with Crippen molar-refractivity contribution in [2.45, 2.75) is 44.8 Å². The fraction of sp³-hybridized carbons (Fsp3) is 0.562. The first-order valence-electron chi connectivity index (χ1n) is 7.65. The Hall–Kier alpha value is -1.17. The summed E-state index contributed by atoms with van der Waals surface area (Å²) in [5, 5.41) is 3.48. The van der Waals surface area contributed by atoms with E-state index < -0.39 is 0 Å². The maximum atomic E-state index is 13.1. The van der Waals surface area contributed by atoms with E-state index in [0.717, 1.165) is 31.5 Å². The predicted octanol–water partition coefficient (Wildman–Crippen LogP) is 2.30. The number of halogens is 2. The summed E-state index contributed by atoms with van der Waals surface area (Å²) in [6.45, 7) is 4.22. The van der Waals surface area contributed by atoms with Crippen molar-refractivity contribution >= 4 is 17.5 Å². The lowest BCUT2D eigenvalue weighted by Crippen LogP contribution is -2.48. The van der Waals surface area contributed by atoms with Crippen molar-refractivity contribution in [3.8, 4) is 0 Å². The van der Waals surface area contributed by atoms with Crippen LogP contribution in [0.3, 0.4) is 0 Å². The molecule has 0 spiro atoms. The van der Waals surface area contributed by atoms with Crippen LogP contribution in [0.25, 0.3) is 0 Å². The number of rotatable bonds is 5. The smallest absolute Gasteiger partial charge is 0.221 e. The first-order chi connectivity index (χ1) is 10.4. The molecule has 4 nitrogen and oxygen atoms in total. The molecule has 6 heteroatoms. The number of nitrogens with zero attached hydrogens (tertiary/aromatic N) is 1. The van der Waals surface area contributed by atoms with E-state index in [1.807, 2.05) is 6.92 Å². The number of hydrogen-bond acceptors (Lipinski definition) is 3. The third kappa shape index (κ3) is 5.23. The van der Waals surface area contributed by atoms with E-state index in [0.29, 0.717) is 18.0 Å². The summed E-state index contributed by atoms with van der Waals surface area (Å²) in [6.07, 6.45) is 2.33. The van der Waals surface area contributed by atoms with Crippen molar-refractivity contribution in [1.82, 2.24) is 10.2 Å². The van der Waals surface area contributed by atoms with E-state index in [2.05, 4.69) is 10.2 Å². The number of carbonyl (C=O) groups is 1. The molecule has 0 aliphatic carbocycles. The summed E-state index contributed by atoms with van der Waals surface area (Å²) < 4.78 is 13.1. The number of carbonyl (C=O) groups excluding carboxylic acids is 1. The first kappa shape index (κ1) is 17.2. The number of nitrogens with one attached hydrogen (secondary N) is 1. The van der Waals surface area contributed by atoms with Crippen LogP contribution in [0.2, 0.25) is 5.02 Å². The Morgan fingerprint density at radius 3 is 3.05 bits per heavy atom. The minimum atomic E-state index is -0.326. The molecule has 1 saturated heterocycles. The van der Waals surface area contributed by atoms with Crippen LogP contribution < -0.4 is 11.1 Å². The molecule has 1 aromatic rings. The van der Waals surface area contributed by atoms with Gasteiger partial charge in [0.05, 0.1) is 0 Å². The summed E-state index contributed by atoms with van der Waals surface area (Å²) in [5.74, 6) is -0.324. The summed E-state index contributed by atoms with van der Waals surface area (Å²) in [6, 6.07) is 4.49. The predicted molar refractivity (Wildman–Crippen MR) is 86.1 cm³/mol. The van der Waals surface area contributed by atoms with Gasteiger partial charge in [-0.3, -0.25) is 9.69 Å². The van der Waals surface area contributed by atoms with Gasteiger partial charge in [-0.05, 0) is 44.0 Å². The molecule has 2 rings (SSSR count). The van der Waals surface area contributed by atoms with Gasteiger partial charge in [-0.25, -0.2) is 4.39 Å². The van der Waals surface area contributed by atoms with Crippen molar-refractivity contribution in [2.75, 3.05) is 13.1 Å². The topological polar surface area (TPSA) is 58.4 Å². The second kappa shape index (κ2) is 7.90. The molecular formula is C16H23ClFN3O. The Balaban J connectivity index is 1.89. The molecule has 0 saturated carbocycles. The Morgan fingerprint density at radius 1 is 1.59 bits per heavy atom. The molecule has 0 radical (unpaired) electrons. The van der Waals surface area contributed by atoms with Crippen molar-refractivity contribution in [3.05, 3.63) is 34.6 Å². The largest absolute Gasteiger partial charge is 0.352 e. The second-order valence-corrected chi connectivity index (χ2v) is 6.47. The van der Waals surface area contributed by atoms with Gasteiger partial charge in [0.1, 0.15) is 5.82 Å². The number of benzene rings is 1. The molecule has 2 unspecified atom stereocenters. The average molecular weight is 328 g/mol. The third-order valence-corrected chi connectivity index (χ3v) is 4.14. The number of likely N-dealkylation sites (tertiary alicyclic amines) is 1. The van der Waals surface area contributed by atoms with E-state index in [1.165, 1.54) is 12.1 Å². The highest BCUT2D eigenvalue weighted by Gasteiger charge is 2.22. The highest BCUT2D eigenvalue weighted by Crippen LogP contribution is 2.21. The van der Waals surface area contributed by atoms with Crippen LogP contribution >= 0.6 is 11.6 Å². The summed E-state index contributed by atoms with van der Waals surface area (Å²) in [4.78, 5) is 14.0. The number of amides is 1. The molecule has 1 fully saturated rings. The Bertz CT molecular complexity index is 524. The van der Waals surface area contributed by atoms with E-state index in [-0.39, 0.29) is 23.8 Å². The van der Waals surface area contributed by atoms with Crippen LogP contribution in [0.15, 0.2) is 18.2 Å². The molecule has 1 aliphatic rings. The Labute approximate surface area is 135 Å². The van der Waals surface area contributed by atoms with Crippen molar-refractivity contribution < 1.29 is 9.18 Å². The molecule has 1 amide bonds. The van der Waals surface area contributed by atoms with Crippen molar-refractivity contribution in [2.24, 2.45) is 5.73 Å². The van der Waals surface area contributed by atoms with Crippen LogP contribution in [-0.4, -0.2) is 36.0 Å². The number of hydrogen-bond donors (Lipinski definition) is 2. The molecular weight excluding hydrogens is 305 g/mol. The molecule has 0 aromatic heterocycles. The zero-order valence-electron chi connectivity index (χ0n) is 12.8. The maximum absolute atomic E-state index is 13.1. The normalized spacial score (nSPS) is 20.6. The van der Waals surface area contributed by atoms with Gasteiger partial charge in [-0.15, -0.1) is 0 Å². The SMILES string of the molecule is CC(N)CC(=O)NC1CCCN(Cc2ccc(F)cc2Cl)C1. The average Bonchev–Trinajstić information content (AvgIpc) is 2.41. The van der Waals surface area contributed by atoms with Gasteiger partial charge < -0.3 is 11.1 Å². The van der Waals surface area contributed by atoms with Crippen LogP contribution in [0.1, 0.15) is 31.7 Å². The number of piperidine rings is 1. The summed E-state index contributed by atoms with van der Waals surface area (Å²) in [5.41, 5.74) is 6.55. The molecule has 122 valence electrons. The number of nitrogens with two attached hydrogens (primary N) is 1. The van der Waals surface area contributed by atoms with Crippen LogP contribution in [-0.2, 0) is 11.3 Å². The minimum Gasteiger partial charge on any atom is -0.352 e. The summed E-state index contributed by atoms with van der Waals surface area (Å²) in [7, 11) is 0. The molecule has 2 atom stereocenters. The van der Waals surface area contributed by atoms with Gasteiger partial charge in [0, 0.05) is 36.6 Å². The van der Waals surface area contributed by atoms with E-state index in [4.69, 9.17) is 17.3 Å². The Kier molecular flexibility index (Phi) is 6.17. The van der Waals surface area contributed by atoms with Crippen molar-refractivity contribution in [1.29, 1.82) is 0 Å². The lowest BCUT2D eigenvalue weighted by Gasteiger charge is -2.33. The van der Waals surface area contributed by atoms with Gasteiger partial charge in [-0.2, -0.15) is 0 Å². The molecule has 0 bridgehead atoms. The minimum absolute atomic E-state index is 0.00154. The van der Waals surface area contributed by atoms with Gasteiger partial charge >= 0.3 is 0 Å². The monoisotopic (exact) mass is 327 g/mol. The zero-order valence-corrected chi connectivity index (χ0v) is 13.6. The van der Waals surface area contributed by atoms with Crippen LogP contribution in [0, 0.1) is 5.82 Å². The second-order valence-electron chi connectivity index (χ2n) is 6.06.